The van der Waals surface area contributed by atoms with Gasteiger partial charge in [-0.15, -0.1) is 0 Å². The monoisotopic (exact) mass is 390 g/mol. The van der Waals surface area contributed by atoms with Crippen LogP contribution in [-0.2, 0) is 11.3 Å². The lowest BCUT2D eigenvalue weighted by Gasteiger charge is -2.36. The van der Waals surface area contributed by atoms with Gasteiger partial charge < -0.3 is 21.3 Å². The topological polar surface area (TPSA) is 65.2 Å². The highest BCUT2D eigenvalue weighted by molar-refractivity contribution is 7.80. The summed E-state index contributed by atoms with van der Waals surface area (Å²) in [5.41, 5.74) is 1.05. The van der Waals surface area contributed by atoms with E-state index in [4.69, 9.17) is 12.2 Å². The van der Waals surface area contributed by atoms with E-state index in [1.54, 1.807) is 7.05 Å². The zero-order chi connectivity index (χ0) is 19.9. The number of nitrogens with one attached hydrogen (secondary N) is 4. The Morgan fingerprint density at radius 2 is 1.78 bits per heavy atom. The smallest absolute Gasteiger partial charge is 0.242 e. The van der Waals surface area contributed by atoms with Crippen molar-refractivity contribution in [1.29, 1.82) is 0 Å². The largest absolute Gasteiger partial charge is 0.358 e. The lowest BCUT2D eigenvalue weighted by atomic mass is 9.86. The Hall–Kier alpha value is -1.66. The van der Waals surface area contributed by atoms with Crippen molar-refractivity contribution >= 4 is 23.2 Å². The highest BCUT2D eigenvalue weighted by Gasteiger charge is 2.32. The predicted octanol–water partition coefficient (Wildman–Crippen LogP) is 2.71. The van der Waals surface area contributed by atoms with E-state index in [2.05, 4.69) is 45.5 Å². The fraction of sp³-hybridized carbons (Fsp3) is 0.619. The van der Waals surface area contributed by atoms with Crippen molar-refractivity contribution in [2.45, 2.75) is 71.1 Å². The van der Waals surface area contributed by atoms with E-state index in [-0.39, 0.29) is 23.4 Å². The molecule has 1 aromatic carbocycles. The van der Waals surface area contributed by atoms with E-state index >= 15 is 0 Å². The third kappa shape index (κ3) is 6.78. The Kier molecular flexibility index (Phi) is 8.05. The quantitative estimate of drug-likeness (QED) is 0.563. The summed E-state index contributed by atoms with van der Waals surface area (Å²) in [7, 11) is 1.66. The summed E-state index contributed by atoms with van der Waals surface area (Å²) in [4.78, 5) is 12.2. The first-order chi connectivity index (χ1) is 12.8. The van der Waals surface area contributed by atoms with Gasteiger partial charge in [-0.05, 0) is 36.0 Å². The van der Waals surface area contributed by atoms with Crippen molar-refractivity contribution < 1.29 is 4.79 Å². The summed E-state index contributed by atoms with van der Waals surface area (Å²) in [6, 6.07) is 10.7. The van der Waals surface area contributed by atoms with Gasteiger partial charge in [-0.25, -0.2) is 0 Å². The van der Waals surface area contributed by atoms with Gasteiger partial charge in [0.25, 0.3) is 0 Å². The molecule has 27 heavy (non-hydrogen) atoms. The molecule has 0 aromatic heterocycles. The van der Waals surface area contributed by atoms with E-state index in [1.807, 2.05) is 26.8 Å². The van der Waals surface area contributed by atoms with Crippen LogP contribution in [0.25, 0.3) is 0 Å². The SMILES string of the molecule is CNC(=O)[C@@H](NC(=S)N[C@H]1CCCC[C@@H]1NCc1ccccc1)C(C)(C)C. The molecule has 0 bridgehead atoms. The van der Waals surface area contributed by atoms with Gasteiger partial charge in [0.15, 0.2) is 5.11 Å². The highest BCUT2D eigenvalue weighted by Crippen LogP contribution is 2.21. The van der Waals surface area contributed by atoms with Crippen LogP contribution in [0.1, 0.15) is 52.0 Å². The van der Waals surface area contributed by atoms with Gasteiger partial charge in [-0.2, -0.15) is 0 Å². The number of carbonyl (C=O) groups is 1. The summed E-state index contributed by atoms with van der Waals surface area (Å²) in [5, 5.41) is 13.7. The Balaban J connectivity index is 1.93. The lowest BCUT2D eigenvalue weighted by molar-refractivity contribution is -0.124. The van der Waals surface area contributed by atoms with Gasteiger partial charge in [0.1, 0.15) is 6.04 Å². The standard InChI is InChI=1S/C21H34N4OS/c1-21(2,3)18(19(26)22-4)25-20(27)24-17-13-9-8-12-16(17)23-14-15-10-6-5-7-11-15/h5-7,10-11,16-18,23H,8-9,12-14H2,1-4H3,(H,22,26)(H2,24,25,27)/t16-,17-,18+/m0/s1. The third-order valence-electron chi connectivity index (χ3n) is 5.14. The number of hydrogen-bond acceptors (Lipinski definition) is 3. The van der Waals surface area contributed by atoms with Gasteiger partial charge in [-0.3, -0.25) is 4.79 Å². The molecular weight excluding hydrogens is 356 g/mol. The Labute approximate surface area is 169 Å². The second kappa shape index (κ2) is 10.0. The first kappa shape index (κ1) is 21.6. The number of amides is 1. The van der Waals surface area contributed by atoms with Crippen molar-refractivity contribution in [3.05, 3.63) is 35.9 Å². The molecule has 0 radical (unpaired) electrons. The molecule has 1 fully saturated rings. The van der Waals surface area contributed by atoms with Crippen LogP contribution < -0.4 is 21.3 Å². The molecule has 0 aliphatic heterocycles. The first-order valence-electron chi connectivity index (χ1n) is 9.87. The summed E-state index contributed by atoms with van der Waals surface area (Å²) in [6.07, 6.45) is 4.63. The number of carbonyl (C=O) groups excluding carboxylic acids is 1. The maximum absolute atomic E-state index is 12.2. The lowest BCUT2D eigenvalue weighted by Crippen LogP contribution is -2.59. The maximum Gasteiger partial charge on any atom is 0.242 e. The molecule has 1 saturated carbocycles. The molecule has 5 nitrogen and oxygen atoms in total. The zero-order valence-electron chi connectivity index (χ0n) is 17.0. The van der Waals surface area contributed by atoms with Gasteiger partial charge in [0.05, 0.1) is 0 Å². The number of likely N-dealkylation sites (N-methyl/N-ethyl adjacent to an activating group) is 1. The van der Waals surface area contributed by atoms with Crippen LogP contribution in [0.2, 0.25) is 0 Å². The molecule has 1 aromatic rings. The van der Waals surface area contributed by atoms with Gasteiger partial charge in [0.2, 0.25) is 5.91 Å². The molecule has 6 heteroatoms. The molecule has 1 amide bonds. The first-order valence-corrected chi connectivity index (χ1v) is 10.3. The molecule has 4 N–H and O–H groups in total. The number of thiocarbonyl (C=S) groups is 1. The second-order valence-corrected chi connectivity index (χ2v) is 8.80. The summed E-state index contributed by atoms with van der Waals surface area (Å²) >= 11 is 5.55. The minimum Gasteiger partial charge on any atom is -0.358 e. The summed E-state index contributed by atoms with van der Waals surface area (Å²) < 4.78 is 0. The van der Waals surface area contributed by atoms with Crippen molar-refractivity contribution in [3.63, 3.8) is 0 Å². The molecule has 1 aliphatic carbocycles. The molecule has 1 aliphatic rings. The van der Waals surface area contributed by atoms with Crippen LogP contribution >= 0.6 is 12.2 Å². The number of benzene rings is 1. The molecule has 150 valence electrons. The van der Waals surface area contributed by atoms with E-state index in [0.29, 0.717) is 11.2 Å². The highest BCUT2D eigenvalue weighted by atomic mass is 32.1. The van der Waals surface area contributed by atoms with Crippen molar-refractivity contribution in [3.8, 4) is 0 Å². The minimum atomic E-state index is -0.373. The molecule has 0 saturated heterocycles. The summed E-state index contributed by atoms with van der Waals surface area (Å²) in [5.74, 6) is -0.0472. The molecule has 3 atom stereocenters. The molecular formula is C21H34N4OS. The second-order valence-electron chi connectivity index (χ2n) is 8.40. The van der Waals surface area contributed by atoms with Crippen molar-refractivity contribution in [2.24, 2.45) is 5.41 Å². The van der Waals surface area contributed by atoms with Crippen LogP contribution in [0.15, 0.2) is 30.3 Å². The van der Waals surface area contributed by atoms with Gasteiger partial charge in [-0.1, -0.05) is 63.9 Å². The average molecular weight is 391 g/mol. The Bertz CT molecular complexity index is 614. The van der Waals surface area contributed by atoms with Crippen molar-refractivity contribution in [1.82, 2.24) is 21.3 Å². The maximum atomic E-state index is 12.2. The number of hydrogen-bond donors (Lipinski definition) is 4. The fourth-order valence-corrected chi connectivity index (χ4v) is 3.82. The average Bonchev–Trinajstić information content (AvgIpc) is 2.65. The van der Waals surface area contributed by atoms with E-state index in [0.717, 1.165) is 19.4 Å². The predicted molar refractivity (Wildman–Crippen MR) is 116 cm³/mol. The summed E-state index contributed by atoms with van der Waals surface area (Å²) in [6.45, 7) is 6.96. The molecule has 0 spiro atoms. The van der Waals surface area contributed by atoms with Crippen LogP contribution in [0.4, 0.5) is 0 Å². The molecule has 2 rings (SSSR count). The van der Waals surface area contributed by atoms with Crippen LogP contribution in [-0.4, -0.2) is 36.2 Å². The normalized spacial score (nSPS) is 21.2. The molecule has 0 heterocycles. The Morgan fingerprint density at radius 1 is 1.15 bits per heavy atom. The minimum absolute atomic E-state index is 0.0472. The third-order valence-corrected chi connectivity index (χ3v) is 5.38. The van der Waals surface area contributed by atoms with Crippen LogP contribution in [0.3, 0.4) is 0 Å². The van der Waals surface area contributed by atoms with Gasteiger partial charge in [0, 0.05) is 25.7 Å². The van der Waals surface area contributed by atoms with Gasteiger partial charge >= 0.3 is 0 Å². The van der Waals surface area contributed by atoms with Crippen LogP contribution in [0, 0.1) is 5.41 Å². The zero-order valence-corrected chi connectivity index (χ0v) is 17.8. The van der Waals surface area contributed by atoms with E-state index in [9.17, 15) is 4.79 Å². The van der Waals surface area contributed by atoms with E-state index in [1.165, 1.54) is 18.4 Å². The fourth-order valence-electron chi connectivity index (χ4n) is 3.55. The van der Waals surface area contributed by atoms with Crippen molar-refractivity contribution in [2.75, 3.05) is 7.05 Å². The number of rotatable bonds is 6. The Morgan fingerprint density at radius 3 is 2.37 bits per heavy atom. The van der Waals surface area contributed by atoms with E-state index < -0.39 is 0 Å². The molecule has 0 unspecified atom stereocenters. The van der Waals surface area contributed by atoms with Crippen LogP contribution in [0.5, 0.6) is 0 Å².